The molecule has 1 unspecified atom stereocenters. The lowest BCUT2D eigenvalue weighted by molar-refractivity contribution is -0.325. The van der Waals surface area contributed by atoms with E-state index in [1.165, 1.54) is 0 Å². The van der Waals surface area contributed by atoms with Crippen molar-refractivity contribution in [1.29, 1.82) is 0 Å². The molecule has 7 heteroatoms. The van der Waals surface area contributed by atoms with E-state index in [-0.39, 0.29) is 12.8 Å². The average Bonchev–Trinajstić information content (AvgIpc) is 2.26. The number of rotatable bonds is 6. The van der Waals surface area contributed by atoms with Gasteiger partial charge in [0.25, 0.3) is 0 Å². The van der Waals surface area contributed by atoms with E-state index in [0.717, 1.165) is 10.0 Å². The first-order valence-corrected chi connectivity index (χ1v) is 6.25. The van der Waals surface area contributed by atoms with Crippen molar-refractivity contribution in [3.05, 3.63) is 34.3 Å². The Balaban J connectivity index is 2.56. The van der Waals surface area contributed by atoms with Gasteiger partial charge in [0.1, 0.15) is 0 Å². The topological polar surface area (TPSA) is 46.5 Å². The minimum Gasteiger partial charge on any atom is -0.481 e. The summed E-state index contributed by atoms with van der Waals surface area (Å²) in [4.78, 5) is 11.0. The lowest BCUT2D eigenvalue weighted by Crippen LogP contribution is -2.21. The van der Waals surface area contributed by atoms with Gasteiger partial charge in [0, 0.05) is 4.47 Å². The SMILES string of the molecule is O=C(O)C(CCOC(F)(F)F)Cc1cccc(Br)c1. The van der Waals surface area contributed by atoms with Crippen LogP contribution in [0.1, 0.15) is 12.0 Å². The van der Waals surface area contributed by atoms with E-state index in [9.17, 15) is 18.0 Å². The van der Waals surface area contributed by atoms with Crippen molar-refractivity contribution in [3.8, 4) is 0 Å². The number of hydrogen-bond donors (Lipinski definition) is 1. The van der Waals surface area contributed by atoms with Crippen LogP contribution in [0, 0.1) is 5.92 Å². The number of alkyl halides is 3. The summed E-state index contributed by atoms with van der Waals surface area (Å²) in [5.41, 5.74) is 0.744. The molecule has 1 aromatic rings. The lowest BCUT2D eigenvalue weighted by Gasteiger charge is -2.13. The molecule has 0 saturated heterocycles. The van der Waals surface area contributed by atoms with E-state index in [2.05, 4.69) is 20.7 Å². The number of hydrogen-bond acceptors (Lipinski definition) is 2. The largest absolute Gasteiger partial charge is 0.522 e. The molecule has 3 nitrogen and oxygen atoms in total. The van der Waals surface area contributed by atoms with Crippen LogP contribution in [0.25, 0.3) is 0 Å². The van der Waals surface area contributed by atoms with E-state index in [0.29, 0.717) is 0 Å². The summed E-state index contributed by atoms with van der Waals surface area (Å²) in [5.74, 6) is -2.04. The number of benzene rings is 1. The predicted molar refractivity (Wildman–Crippen MR) is 65.6 cm³/mol. The van der Waals surface area contributed by atoms with Crippen molar-refractivity contribution in [2.75, 3.05) is 6.61 Å². The Morgan fingerprint density at radius 1 is 1.42 bits per heavy atom. The molecule has 0 bridgehead atoms. The molecular weight excluding hydrogens is 329 g/mol. The van der Waals surface area contributed by atoms with Gasteiger partial charge in [-0.1, -0.05) is 28.1 Å². The van der Waals surface area contributed by atoms with Gasteiger partial charge in [-0.2, -0.15) is 0 Å². The number of aliphatic carboxylic acids is 1. The first-order valence-electron chi connectivity index (χ1n) is 5.46. The monoisotopic (exact) mass is 340 g/mol. The van der Waals surface area contributed by atoms with E-state index < -0.39 is 24.9 Å². The summed E-state index contributed by atoms with van der Waals surface area (Å²) < 4.78 is 39.8. The molecule has 0 aliphatic carbocycles. The Hall–Kier alpha value is -1.08. The molecule has 19 heavy (non-hydrogen) atoms. The van der Waals surface area contributed by atoms with E-state index >= 15 is 0 Å². The lowest BCUT2D eigenvalue weighted by atomic mass is 9.97. The number of carboxylic acid groups (broad SMARTS) is 1. The van der Waals surface area contributed by atoms with Crippen LogP contribution in [0.2, 0.25) is 0 Å². The van der Waals surface area contributed by atoms with Gasteiger partial charge in [0.15, 0.2) is 0 Å². The van der Waals surface area contributed by atoms with Crippen LogP contribution >= 0.6 is 15.9 Å². The molecule has 1 aromatic carbocycles. The van der Waals surface area contributed by atoms with Gasteiger partial charge in [0.2, 0.25) is 0 Å². The van der Waals surface area contributed by atoms with Crippen molar-refractivity contribution in [1.82, 2.24) is 0 Å². The zero-order valence-electron chi connectivity index (χ0n) is 9.78. The normalized spacial score (nSPS) is 13.3. The molecule has 0 amide bonds. The highest BCUT2D eigenvalue weighted by Crippen LogP contribution is 2.20. The van der Waals surface area contributed by atoms with Crippen LogP contribution in [0.3, 0.4) is 0 Å². The van der Waals surface area contributed by atoms with Crippen molar-refractivity contribution in [2.24, 2.45) is 5.92 Å². The molecule has 106 valence electrons. The van der Waals surface area contributed by atoms with Crippen LogP contribution in [0.15, 0.2) is 28.7 Å². The summed E-state index contributed by atoms with van der Waals surface area (Å²) in [6.07, 6.45) is -4.75. The van der Waals surface area contributed by atoms with Gasteiger partial charge in [-0.05, 0) is 30.5 Å². The van der Waals surface area contributed by atoms with E-state index in [1.54, 1.807) is 24.3 Å². The van der Waals surface area contributed by atoms with Crippen LogP contribution < -0.4 is 0 Å². The molecule has 0 aliphatic heterocycles. The minimum absolute atomic E-state index is 0.163. The van der Waals surface area contributed by atoms with Gasteiger partial charge in [-0.25, -0.2) is 0 Å². The molecule has 0 fully saturated rings. The third kappa shape index (κ3) is 6.58. The highest BCUT2D eigenvalue weighted by atomic mass is 79.9. The van der Waals surface area contributed by atoms with Gasteiger partial charge in [-0.15, -0.1) is 13.2 Å². The predicted octanol–water partition coefficient (Wildman–Crippen LogP) is 3.62. The average molecular weight is 341 g/mol. The number of carboxylic acids is 1. The van der Waals surface area contributed by atoms with Crippen LogP contribution in [-0.4, -0.2) is 24.0 Å². The zero-order valence-corrected chi connectivity index (χ0v) is 11.4. The zero-order chi connectivity index (χ0) is 14.5. The maximum Gasteiger partial charge on any atom is 0.522 e. The standard InChI is InChI=1S/C12H12BrF3O3/c13-10-3-1-2-8(7-10)6-9(11(17)18)4-5-19-12(14,15)16/h1-3,7,9H,4-6H2,(H,17,18). The molecular formula is C12H12BrF3O3. The van der Waals surface area contributed by atoms with Gasteiger partial charge in [-0.3, -0.25) is 9.53 Å². The van der Waals surface area contributed by atoms with Crippen molar-refractivity contribution in [2.45, 2.75) is 19.2 Å². The fourth-order valence-electron chi connectivity index (χ4n) is 1.58. The van der Waals surface area contributed by atoms with Gasteiger partial charge < -0.3 is 5.11 Å². The molecule has 1 rings (SSSR count). The Labute approximate surface area is 116 Å². The third-order valence-electron chi connectivity index (χ3n) is 2.45. The number of ether oxygens (including phenoxy) is 1. The molecule has 1 atom stereocenters. The molecule has 0 heterocycles. The molecule has 0 spiro atoms. The first-order chi connectivity index (χ1) is 8.78. The minimum atomic E-state index is -4.72. The maximum atomic E-state index is 11.8. The third-order valence-corrected chi connectivity index (χ3v) is 2.95. The highest BCUT2D eigenvalue weighted by Gasteiger charge is 2.30. The molecule has 0 radical (unpaired) electrons. The van der Waals surface area contributed by atoms with Crippen molar-refractivity contribution in [3.63, 3.8) is 0 Å². The summed E-state index contributed by atoms with van der Waals surface area (Å²) in [7, 11) is 0. The number of carbonyl (C=O) groups is 1. The Morgan fingerprint density at radius 3 is 2.63 bits per heavy atom. The van der Waals surface area contributed by atoms with Gasteiger partial charge >= 0.3 is 12.3 Å². The van der Waals surface area contributed by atoms with E-state index in [4.69, 9.17) is 5.11 Å². The number of halogens is 4. The Kier molecular flexibility index (Phi) is 5.81. The first kappa shape index (κ1) is 16.0. The van der Waals surface area contributed by atoms with Crippen LogP contribution in [-0.2, 0) is 16.0 Å². The van der Waals surface area contributed by atoms with E-state index in [1.807, 2.05) is 0 Å². The quantitative estimate of drug-likeness (QED) is 0.860. The second-order valence-corrected chi connectivity index (χ2v) is 4.87. The summed E-state index contributed by atoms with van der Waals surface area (Å²) in [6.45, 7) is -0.658. The Morgan fingerprint density at radius 2 is 2.11 bits per heavy atom. The molecule has 0 saturated carbocycles. The molecule has 1 N–H and O–H groups in total. The second-order valence-electron chi connectivity index (χ2n) is 3.95. The second kappa shape index (κ2) is 6.91. The summed E-state index contributed by atoms with van der Waals surface area (Å²) >= 11 is 3.25. The van der Waals surface area contributed by atoms with Crippen LogP contribution in [0.4, 0.5) is 13.2 Å². The highest BCUT2D eigenvalue weighted by molar-refractivity contribution is 9.10. The summed E-state index contributed by atoms with van der Waals surface area (Å²) in [5, 5.41) is 8.98. The smallest absolute Gasteiger partial charge is 0.481 e. The Bertz CT molecular complexity index is 434. The van der Waals surface area contributed by atoms with Crippen molar-refractivity contribution >= 4 is 21.9 Å². The molecule has 0 aliphatic rings. The van der Waals surface area contributed by atoms with Crippen LogP contribution in [0.5, 0.6) is 0 Å². The van der Waals surface area contributed by atoms with Gasteiger partial charge in [0.05, 0.1) is 12.5 Å². The summed E-state index contributed by atoms with van der Waals surface area (Å²) in [6, 6.07) is 6.99. The fraction of sp³-hybridized carbons (Fsp3) is 0.417. The molecule has 0 aromatic heterocycles. The fourth-order valence-corrected chi connectivity index (χ4v) is 2.02. The maximum absolute atomic E-state index is 11.8. The van der Waals surface area contributed by atoms with Crippen molar-refractivity contribution < 1.29 is 27.8 Å².